The van der Waals surface area contributed by atoms with Crippen LogP contribution >= 0.6 is 0 Å². The third-order valence-electron chi connectivity index (χ3n) is 4.94. The lowest BCUT2D eigenvalue weighted by Crippen LogP contribution is -2.53. The van der Waals surface area contributed by atoms with Crippen LogP contribution in [0.1, 0.15) is 32.1 Å². The molecule has 0 bridgehead atoms. The fraction of sp³-hybridized carbons (Fsp3) is 0.350. The van der Waals surface area contributed by atoms with E-state index in [0.29, 0.717) is 18.3 Å². The quantitative estimate of drug-likeness (QED) is 0.698. The summed E-state index contributed by atoms with van der Waals surface area (Å²) in [5.41, 5.74) is 1.05. The first-order valence-electron chi connectivity index (χ1n) is 8.88. The number of ether oxygens (including phenoxy) is 1. The topological polar surface area (TPSA) is 77.2 Å². The molecule has 0 spiro atoms. The average Bonchev–Trinajstić information content (AvgIpc) is 3.04. The maximum absolute atomic E-state index is 12.6. The SMILES string of the molecule is CCOC(=O)C1(Nc2c(-c3cnc(C)o3)ccc3cnccc23)CCC1. The smallest absolute Gasteiger partial charge is 0.331 e. The van der Waals surface area contributed by atoms with Crippen LogP contribution in [0.3, 0.4) is 0 Å². The molecule has 1 N–H and O–H groups in total. The van der Waals surface area contributed by atoms with Crippen LogP contribution in [0.5, 0.6) is 0 Å². The van der Waals surface area contributed by atoms with E-state index in [9.17, 15) is 4.79 Å². The molecule has 134 valence electrons. The van der Waals surface area contributed by atoms with Gasteiger partial charge in [-0.15, -0.1) is 0 Å². The number of carbonyl (C=O) groups is 1. The summed E-state index contributed by atoms with van der Waals surface area (Å²) in [6.07, 6.45) is 7.77. The Morgan fingerprint density at radius 1 is 1.31 bits per heavy atom. The van der Waals surface area contributed by atoms with Crippen molar-refractivity contribution in [2.75, 3.05) is 11.9 Å². The van der Waals surface area contributed by atoms with Crippen LogP contribution in [0.25, 0.3) is 22.1 Å². The van der Waals surface area contributed by atoms with Crippen molar-refractivity contribution in [2.45, 2.75) is 38.6 Å². The van der Waals surface area contributed by atoms with Crippen LogP contribution in [0.4, 0.5) is 5.69 Å². The third-order valence-corrected chi connectivity index (χ3v) is 4.94. The molecule has 0 amide bonds. The number of hydrogen-bond donors (Lipinski definition) is 1. The summed E-state index contributed by atoms with van der Waals surface area (Å²) in [5.74, 6) is 1.07. The van der Waals surface area contributed by atoms with Crippen molar-refractivity contribution in [1.82, 2.24) is 9.97 Å². The number of fused-ring (bicyclic) bond motifs is 1. The molecule has 2 heterocycles. The van der Waals surface area contributed by atoms with E-state index in [2.05, 4.69) is 15.3 Å². The third kappa shape index (κ3) is 2.71. The first kappa shape index (κ1) is 16.6. The normalized spacial score (nSPS) is 15.5. The number of rotatable bonds is 5. The fourth-order valence-corrected chi connectivity index (χ4v) is 3.41. The number of pyridine rings is 1. The molecule has 26 heavy (non-hydrogen) atoms. The molecule has 0 atom stereocenters. The molecule has 3 aromatic rings. The van der Waals surface area contributed by atoms with Gasteiger partial charge in [0.15, 0.2) is 11.7 Å². The Bertz CT molecular complexity index is 960. The first-order valence-corrected chi connectivity index (χ1v) is 8.88. The fourth-order valence-electron chi connectivity index (χ4n) is 3.41. The van der Waals surface area contributed by atoms with Crippen LogP contribution in [-0.4, -0.2) is 28.1 Å². The van der Waals surface area contributed by atoms with Crippen LogP contribution in [0.2, 0.25) is 0 Å². The van der Waals surface area contributed by atoms with E-state index < -0.39 is 5.54 Å². The molecule has 6 heteroatoms. The summed E-state index contributed by atoms with van der Waals surface area (Å²) >= 11 is 0. The monoisotopic (exact) mass is 351 g/mol. The number of nitrogens with one attached hydrogen (secondary N) is 1. The summed E-state index contributed by atoms with van der Waals surface area (Å²) in [5, 5.41) is 5.49. The molecule has 1 aliphatic rings. The molecule has 0 radical (unpaired) electrons. The summed E-state index contributed by atoms with van der Waals surface area (Å²) in [6.45, 7) is 4.01. The second kappa shape index (κ2) is 6.44. The van der Waals surface area contributed by atoms with Gasteiger partial charge < -0.3 is 14.5 Å². The summed E-state index contributed by atoms with van der Waals surface area (Å²) < 4.78 is 11.1. The van der Waals surface area contributed by atoms with E-state index in [1.807, 2.05) is 38.2 Å². The van der Waals surface area contributed by atoms with E-state index in [4.69, 9.17) is 9.15 Å². The molecule has 6 nitrogen and oxygen atoms in total. The van der Waals surface area contributed by atoms with Crippen molar-refractivity contribution >= 4 is 22.4 Å². The van der Waals surface area contributed by atoms with E-state index >= 15 is 0 Å². The molecule has 1 aliphatic carbocycles. The Labute approximate surface area is 151 Å². The highest BCUT2D eigenvalue weighted by Crippen LogP contribution is 2.42. The van der Waals surface area contributed by atoms with Gasteiger partial charge in [-0.1, -0.05) is 6.07 Å². The van der Waals surface area contributed by atoms with Crippen LogP contribution in [0.15, 0.2) is 41.2 Å². The van der Waals surface area contributed by atoms with Crippen molar-refractivity contribution in [3.05, 3.63) is 42.7 Å². The van der Waals surface area contributed by atoms with Gasteiger partial charge in [0.25, 0.3) is 0 Å². The van der Waals surface area contributed by atoms with Gasteiger partial charge in [-0.05, 0) is 38.3 Å². The van der Waals surface area contributed by atoms with E-state index in [-0.39, 0.29) is 5.97 Å². The maximum Gasteiger partial charge on any atom is 0.331 e. The van der Waals surface area contributed by atoms with Gasteiger partial charge in [-0.25, -0.2) is 9.78 Å². The van der Waals surface area contributed by atoms with Crippen molar-refractivity contribution in [3.63, 3.8) is 0 Å². The van der Waals surface area contributed by atoms with Gasteiger partial charge in [0.1, 0.15) is 5.54 Å². The highest BCUT2D eigenvalue weighted by Gasteiger charge is 2.46. The minimum absolute atomic E-state index is 0.197. The minimum Gasteiger partial charge on any atom is -0.464 e. The van der Waals surface area contributed by atoms with Crippen molar-refractivity contribution in [3.8, 4) is 11.3 Å². The molecule has 0 unspecified atom stereocenters. The molecular formula is C20H21N3O3. The number of carbonyl (C=O) groups excluding carboxylic acids is 1. The second-order valence-corrected chi connectivity index (χ2v) is 6.61. The van der Waals surface area contributed by atoms with Crippen LogP contribution in [-0.2, 0) is 9.53 Å². The van der Waals surface area contributed by atoms with Gasteiger partial charge in [0, 0.05) is 35.7 Å². The summed E-state index contributed by atoms with van der Waals surface area (Å²) in [4.78, 5) is 21.0. The zero-order chi connectivity index (χ0) is 18.1. The number of aromatic nitrogens is 2. The number of aryl methyl sites for hydroxylation is 1. The first-order chi connectivity index (χ1) is 12.6. The van der Waals surface area contributed by atoms with E-state index in [0.717, 1.165) is 41.3 Å². The molecule has 0 saturated heterocycles. The highest BCUT2D eigenvalue weighted by molar-refractivity contribution is 6.02. The Morgan fingerprint density at radius 3 is 2.81 bits per heavy atom. The van der Waals surface area contributed by atoms with Crippen LogP contribution in [0, 0.1) is 6.92 Å². The zero-order valence-corrected chi connectivity index (χ0v) is 14.9. The van der Waals surface area contributed by atoms with Gasteiger partial charge >= 0.3 is 5.97 Å². The summed E-state index contributed by atoms with van der Waals surface area (Å²) in [6, 6.07) is 5.92. The number of hydrogen-bond acceptors (Lipinski definition) is 6. The molecule has 1 saturated carbocycles. The van der Waals surface area contributed by atoms with E-state index in [1.165, 1.54) is 0 Å². The van der Waals surface area contributed by atoms with Crippen molar-refractivity contribution in [2.24, 2.45) is 0 Å². The molecule has 1 fully saturated rings. The molecular weight excluding hydrogens is 330 g/mol. The van der Waals surface area contributed by atoms with E-state index in [1.54, 1.807) is 12.4 Å². The lowest BCUT2D eigenvalue weighted by Gasteiger charge is -2.41. The molecule has 4 rings (SSSR count). The number of benzene rings is 1. The minimum atomic E-state index is -0.683. The van der Waals surface area contributed by atoms with Crippen LogP contribution < -0.4 is 5.32 Å². The molecule has 2 aromatic heterocycles. The lowest BCUT2D eigenvalue weighted by molar-refractivity contribution is -0.151. The zero-order valence-electron chi connectivity index (χ0n) is 14.9. The van der Waals surface area contributed by atoms with Crippen molar-refractivity contribution in [1.29, 1.82) is 0 Å². The summed E-state index contributed by atoms with van der Waals surface area (Å²) in [7, 11) is 0. The maximum atomic E-state index is 12.6. The molecule has 1 aromatic carbocycles. The number of anilines is 1. The Balaban J connectivity index is 1.85. The van der Waals surface area contributed by atoms with Gasteiger partial charge in [0.2, 0.25) is 0 Å². The molecule has 0 aliphatic heterocycles. The predicted octanol–water partition coefficient (Wildman–Crippen LogP) is 4.10. The van der Waals surface area contributed by atoms with Gasteiger partial charge in [-0.3, -0.25) is 4.98 Å². The predicted molar refractivity (Wildman–Crippen MR) is 98.8 cm³/mol. The Hall–Kier alpha value is -2.89. The number of oxazole rings is 1. The lowest BCUT2D eigenvalue weighted by atomic mass is 9.76. The largest absolute Gasteiger partial charge is 0.464 e. The highest BCUT2D eigenvalue weighted by atomic mass is 16.5. The van der Waals surface area contributed by atoms with Crippen molar-refractivity contribution < 1.29 is 13.9 Å². The van der Waals surface area contributed by atoms with Gasteiger partial charge in [-0.2, -0.15) is 0 Å². The Morgan fingerprint density at radius 2 is 2.15 bits per heavy atom. The van der Waals surface area contributed by atoms with Gasteiger partial charge in [0.05, 0.1) is 18.5 Å². The standard InChI is InChI=1S/C20H21N3O3/c1-3-25-19(24)20(8-4-9-20)23-18-15-7-10-21-11-14(15)5-6-16(18)17-12-22-13(2)26-17/h5-7,10-12,23H,3-4,8-9H2,1-2H3. The number of esters is 1. The second-order valence-electron chi connectivity index (χ2n) is 6.61. The number of nitrogens with zero attached hydrogens (tertiary/aromatic N) is 2. The average molecular weight is 351 g/mol. The Kier molecular flexibility index (Phi) is 4.11.